The van der Waals surface area contributed by atoms with Gasteiger partial charge in [-0.25, -0.2) is 5.50 Å². The summed E-state index contributed by atoms with van der Waals surface area (Å²) in [5.74, 6) is -1.00. The molecule has 2 aliphatic rings. The molecule has 0 amide bonds. The van der Waals surface area contributed by atoms with Crippen LogP contribution in [0.1, 0.15) is 19.3 Å². The molecule has 1 saturated carbocycles. The molecule has 1 spiro atoms. The van der Waals surface area contributed by atoms with E-state index < -0.39 is 25.9 Å². The lowest BCUT2D eigenvalue weighted by Crippen LogP contribution is -2.49. The largest absolute Gasteiger partial charge is 0.394 e. The summed E-state index contributed by atoms with van der Waals surface area (Å²) in [4.78, 5) is 22.5. The molecule has 0 atom stereocenters. The Balaban J connectivity index is 2.22. The minimum Gasteiger partial charge on any atom is -0.394 e. The molecule has 0 aromatic heterocycles. The van der Waals surface area contributed by atoms with E-state index in [1.165, 1.54) is 0 Å². The van der Waals surface area contributed by atoms with Crippen LogP contribution in [0, 0.1) is 5.41 Å². The number of hydrogen-bond acceptors (Lipinski definition) is 5. The molecular weight excluding hydrogens is 181 g/mol. The van der Waals surface area contributed by atoms with E-state index in [1.54, 1.807) is 0 Å². The average molecular weight is 189 g/mol. The Labute approximate surface area is 70.2 Å². The van der Waals surface area contributed by atoms with Crippen molar-refractivity contribution in [3.8, 4) is 0 Å². The number of carbonyl (C=O) groups is 2. The SMILES string of the molecule is NP1OC(=O)C2(CCC2)C(=O)O1. The summed E-state index contributed by atoms with van der Waals surface area (Å²) in [5, 5.41) is 0. The molecule has 1 saturated heterocycles. The molecule has 66 valence electrons. The Hall–Kier alpha value is -0.670. The average Bonchev–Trinajstić information content (AvgIpc) is 1.80. The zero-order valence-corrected chi connectivity index (χ0v) is 7.17. The van der Waals surface area contributed by atoms with E-state index in [2.05, 4.69) is 9.05 Å². The van der Waals surface area contributed by atoms with Gasteiger partial charge in [-0.15, -0.1) is 0 Å². The van der Waals surface area contributed by atoms with Crippen molar-refractivity contribution in [2.24, 2.45) is 10.9 Å². The van der Waals surface area contributed by atoms with Gasteiger partial charge in [-0.05, 0) is 19.3 Å². The van der Waals surface area contributed by atoms with E-state index in [0.29, 0.717) is 12.8 Å². The first-order valence-corrected chi connectivity index (χ1v) is 4.89. The van der Waals surface area contributed by atoms with Crippen molar-refractivity contribution >= 4 is 20.5 Å². The lowest BCUT2D eigenvalue weighted by molar-refractivity contribution is -0.173. The molecular formula is C6H8NO4P. The number of nitrogens with two attached hydrogens (primary N) is 1. The van der Waals surface area contributed by atoms with E-state index in [4.69, 9.17) is 5.50 Å². The summed E-state index contributed by atoms with van der Waals surface area (Å²) < 4.78 is 9.35. The monoisotopic (exact) mass is 189 g/mol. The molecule has 1 aliphatic carbocycles. The van der Waals surface area contributed by atoms with Crippen LogP contribution in [-0.2, 0) is 18.6 Å². The maximum Gasteiger partial charge on any atom is 0.383 e. The third-order valence-corrected chi connectivity index (χ3v) is 3.03. The molecule has 5 nitrogen and oxygen atoms in total. The highest BCUT2D eigenvalue weighted by Gasteiger charge is 2.57. The van der Waals surface area contributed by atoms with Crippen LogP contribution in [0.2, 0.25) is 0 Å². The molecule has 0 unspecified atom stereocenters. The Bertz CT molecular complexity index is 230. The predicted molar refractivity (Wildman–Crippen MR) is 39.6 cm³/mol. The summed E-state index contributed by atoms with van der Waals surface area (Å²) in [6, 6.07) is 0. The topological polar surface area (TPSA) is 78.6 Å². The van der Waals surface area contributed by atoms with Crippen molar-refractivity contribution in [3.63, 3.8) is 0 Å². The fourth-order valence-electron chi connectivity index (χ4n) is 1.38. The molecule has 1 heterocycles. The highest BCUT2D eigenvalue weighted by atomic mass is 31.2. The van der Waals surface area contributed by atoms with Gasteiger partial charge in [0.15, 0.2) is 5.41 Å². The summed E-state index contributed by atoms with van der Waals surface area (Å²) in [6.45, 7) is 0. The van der Waals surface area contributed by atoms with E-state index in [1.807, 2.05) is 0 Å². The zero-order valence-electron chi connectivity index (χ0n) is 6.28. The van der Waals surface area contributed by atoms with Gasteiger partial charge in [-0.1, -0.05) is 0 Å². The van der Waals surface area contributed by atoms with Crippen molar-refractivity contribution in [2.45, 2.75) is 19.3 Å². The quantitative estimate of drug-likeness (QED) is 0.442. The van der Waals surface area contributed by atoms with Crippen LogP contribution in [0.5, 0.6) is 0 Å². The second-order valence-corrected chi connectivity index (χ2v) is 3.91. The second kappa shape index (κ2) is 2.41. The Kier molecular flexibility index (Phi) is 1.59. The van der Waals surface area contributed by atoms with E-state index >= 15 is 0 Å². The van der Waals surface area contributed by atoms with Crippen LogP contribution in [0.25, 0.3) is 0 Å². The van der Waals surface area contributed by atoms with Crippen molar-refractivity contribution in [1.29, 1.82) is 0 Å². The van der Waals surface area contributed by atoms with Crippen LogP contribution < -0.4 is 5.50 Å². The Morgan fingerprint density at radius 3 is 2.08 bits per heavy atom. The minimum absolute atomic E-state index is 0.501. The third kappa shape index (κ3) is 0.867. The van der Waals surface area contributed by atoms with Gasteiger partial charge in [0.05, 0.1) is 0 Å². The van der Waals surface area contributed by atoms with E-state index in [0.717, 1.165) is 6.42 Å². The third-order valence-electron chi connectivity index (χ3n) is 2.33. The van der Waals surface area contributed by atoms with Crippen LogP contribution in [0.15, 0.2) is 0 Å². The lowest BCUT2D eigenvalue weighted by atomic mass is 9.69. The molecule has 2 rings (SSSR count). The van der Waals surface area contributed by atoms with Crippen LogP contribution in [-0.4, -0.2) is 11.9 Å². The van der Waals surface area contributed by atoms with Crippen molar-refractivity contribution < 1.29 is 18.6 Å². The van der Waals surface area contributed by atoms with Crippen molar-refractivity contribution in [3.05, 3.63) is 0 Å². The standard InChI is InChI=1S/C6H8NO4P/c7-12-10-4(8)6(2-1-3-6)5(9)11-12/h1-3,7H2. The highest BCUT2D eigenvalue weighted by molar-refractivity contribution is 7.46. The van der Waals surface area contributed by atoms with Crippen LogP contribution in [0.3, 0.4) is 0 Å². The van der Waals surface area contributed by atoms with Gasteiger partial charge in [0.25, 0.3) is 0 Å². The molecule has 0 aromatic rings. The molecule has 6 heteroatoms. The second-order valence-electron chi connectivity index (χ2n) is 2.98. The fourth-order valence-corrected chi connectivity index (χ4v) is 2.09. The predicted octanol–water partition coefficient (Wildman–Crippen LogP) is 0.442. The smallest absolute Gasteiger partial charge is 0.383 e. The first-order valence-electron chi connectivity index (χ1n) is 3.65. The number of hydrogen-bond donors (Lipinski definition) is 1. The maximum atomic E-state index is 11.2. The van der Waals surface area contributed by atoms with Gasteiger partial charge in [0.2, 0.25) is 0 Å². The lowest BCUT2D eigenvalue weighted by Gasteiger charge is -2.39. The van der Waals surface area contributed by atoms with E-state index in [9.17, 15) is 9.59 Å². The molecule has 1 aliphatic heterocycles. The number of carbonyl (C=O) groups excluding carboxylic acids is 2. The van der Waals surface area contributed by atoms with Gasteiger partial charge in [-0.3, -0.25) is 9.59 Å². The molecule has 0 radical (unpaired) electrons. The molecule has 2 fully saturated rings. The van der Waals surface area contributed by atoms with Crippen molar-refractivity contribution in [1.82, 2.24) is 0 Å². The summed E-state index contributed by atoms with van der Waals surface area (Å²) >= 11 is 0. The Morgan fingerprint density at radius 2 is 1.75 bits per heavy atom. The first kappa shape index (κ1) is 7.95. The first-order chi connectivity index (χ1) is 5.65. The molecule has 12 heavy (non-hydrogen) atoms. The highest BCUT2D eigenvalue weighted by Crippen LogP contribution is 2.51. The molecule has 0 aromatic carbocycles. The van der Waals surface area contributed by atoms with Crippen molar-refractivity contribution in [2.75, 3.05) is 0 Å². The fraction of sp³-hybridized carbons (Fsp3) is 0.667. The van der Waals surface area contributed by atoms with Gasteiger partial charge in [0.1, 0.15) is 0 Å². The van der Waals surface area contributed by atoms with Gasteiger partial charge in [0, 0.05) is 0 Å². The van der Waals surface area contributed by atoms with Crippen LogP contribution >= 0.6 is 8.53 Å². The van der Waals surface area contributed by atoms with Gasteiger partial charge >= 0.3 is 20.5 Å². The van der Waals surface area contributed by atoms with E-state index in [-0.39, 0.29) is 0 Å². The maximum absolute atomic E-state index is 11.2. The summed E-state index contributed by atoms with van der Waals surface area (Å²) in [5.41, 5.74) is 4.21. The normalized spacial score (nSPS) is 27.8. The number of rotatable bonds is 0. The molecule has 0 bridgehead atoms. The minimum atomic E-state index is -1.80. The van der Waals surface area contributed by atoms with Gasteiger partial charge in [-0.2, -0.15) is 0 Å². The summed E-state index contributed by atoms with van der Waals surface area (Å²) in [6.07, 6.45) is 1.94. The van der Waals surface area contributed by atoms with Gasteiger partial charge < -0.3 is 9.05 Å². The Morgan fingerprint density at radius 1 is 1.25 bits per heavy atom. The molecule has 2 N–H and O–H groups in total. The van der Waals surface area contributed by atoms with Crippen LogP contribution in [0.4, 0.5) is 0 Å². The summed E-state index contributed by atoms with van der Waals surface area (Å²) in [7, 11) is -1.80. The zero-order chi connectivity index (χ0) is 8.77.